The number of hydrazine groups is 1. The second-order valence-corrected chi connectivity index (χ2v) is 8.92. The van der Waals surface area contributed by atoms with E-state index in [1.165, 1.54) is 23.2 Å². The molecule has 2 aromatic rings. The molecule has 0 bridgehead atoms. The van der Waals surface area contributed by atoms with Crippen LogP contribution < -0.4 is 16.2 Å². The SMILES string of the molecule is C/C=C(/C1CCN(C(=O)OC(C)(C)C)CC1)n1ncc(C(=O)NNC(=O)c2ccco2)c1NC=O. The van der Waals surface area contributed by atoms with E-state index in [1.807, 2.05) is 33.8 Å². The van der Waals surface area contributed by atoms with Gasteiger partial charge in [-0.05, 0) is 52.7 Å². The number of carbonyl (C=O) groups excluding carboxylic acids is 4. The molecule has 12 heteroatoms. The number of allylic oxidation sites excluding steroid dienone is 2. The lowest BCUT2D eigenvalue weighted by Crippen LogP contribution is -2.42. The molecule has 0 aromatic carbocycles. The molecule has 0 saturated carbocycles. The van der Waals surface area contributed by atoms with Crippen molar-refractivity contribution in [3.8, 4) is 0 Å². The van der Waals surface area contributed by atoms with Crippen molar-refractivity contribution >= 4 is 35.8 Å². The molecule has 188 valence electrons. The van der Waals surface area contributed by atoms with Gasteiger partial charge in [-0.1, -0.05) is 6.08 Å². The maximum atomic E-state index is 12.7. The van der Waals surface area contributed by atoms with Crippen LogP contribution in [0.25, 0.3) is 5.70 Å². The van der Waals surface area contributed by atoms with E-state index in [1.54, 1.807) is 11.0 Å². The van der Waals surface area contributed by atoms with Gasteiger partial charge >= 0.3 is 12.0 Å². The number of nitrogens with zero attached hydrogens (tertiary/aromatic N) is 3. The molecule has 3 heterocycles. The van der Waals surface area contributed by atoms with Gasteiger partial charge in [0.05, 0.1) is 12.5 Å². The number of rotatable bonds is 6. The summed E-state index contributed by atoms with van der Waals surface area (Å²) in [6, 6.07) is 2.99. The van der Waals surface area contributed by atoms with Crippen LogP contribution in [0.5, 0.6) is 0 Å². The van der Waals surface area contributed by atoms with E-state index < -0.39 is 17.4 Å². The smallest absolute Gasteiger partial charge is 0.410 e. The molecule has 1 aliphatic rings. The quantitative estimate of drug-likeness (QED) is 0.420. The van der Waals surface area contributed by atoms with Crippen molar-refractivity contribution in [1.82, 2.24) is 25.5 Å². The normalized spacial score (nSPS) is 14.9. The van der Waals surface area contributed by atoms with E-state index in [2.05, 4.69) is 21.3 Å². The molecule has 3 rings (SSSR count). The number of piperidine rings is 1. The summed E-state index contributed by atoms with van der Waals surface area (Å²) in [4.78, 5) is 50.1. The highest BCUT2D eigenvalue weighted by atomic mass is 16.6. The molecular formula is C23H30N6O6. The molecule has 1 saturated heterocycles. The number of carbonyl (C=O) groups is 4. The van der Waals surface area contributed by atoms with E-state index >= 15 is 0 Å². The maximum Gasteiger partial charge on any atom is 0.410 e. The molecule has 0 aliphatic carbocycles. The van der Waals surface area contributed by atoms with E-state index in [9.17, 15) is 19.2 Å². The second-order valence-electron chi connectivity index (χ2n) is 8.92. The Morgan fingerprint density at radius 1 is 1.17 bits per heavy atom. The molecule has 12 nitrogen and oxygen atoms in total. The predicted octanol–water partition coefficient (Wildman–Crippen LogP) is 2.63. The summed E-state index contributed by atoms with van der Waals surface area (Å²) in [5, 5.41) is 6.84. The summed E-state index contributed by atoms with van der Waals surface area (Å²) in [6.07, 6.45) is 5.90. The largest absolute Gasteiger partial charge is 0.459 e. The van der Waals surface area contributed by atoms with E-state index in [0.717, 1.165) is 5.70 Å². The third-order valence-electron chi connectivity index (χ3n) is 5.35. The minimum atomic E-state index is -0.671. The number of hydrogen-bond donors (Lipinski definition) is 3. The summed E-state index contributed by atoms with van der Waals surface area (Å²) < 4.78 is 11.9. The van der Waals surface area contributed by atoms with Crippen molar-refractivity contribution in [2.75, 3.05) is 18.4 Å². The molecule has 4 amide bonds. The topological polar surface area (TPSA) is 148 Å². The van der Waals surface area contributed by atoms with Crippen LogP contribution in [0.1, 0.15) is 61.4 Å². The van der Waals surface area contributed by atoms with Crippen molar-refractivity contribution in [2.24, 2.45) is 5.92 Å². The van der Waals surface area contributed by atoms with Crippen LogP contribution in [-0.4, -0.2) is 57.7 Å². The van der Waals surface area contributed by atoms with Crippen LogP contribution in [0, 0.1) is 5.92 Å². The van der Waals surface area contributed by atoms with Crippen LogP contribution in [0.4, 0.5) is 10.6 Å². The molecule has 35 heavy (non-hydrogen) atoms. The Balaban J connectivity index is 1.70. The molecule has 0 radical (unpaired) electrons. The Labute approximate surface area is 202 Å². The first kappa shape index (κ1) is 25.5. The van der Waals surface area contributed by atoms with Gasteiger partial charge in [0.2, 0.25) is 6.41 Å². The Kier molecular flexibility index (Phi) is 7.94. The Bertz CT molecular complexity index is 1090. The second kappa shape index (κ2) is 10.9. The van der Waals surface area contributed by atoms with Gasteiger partial charge in [-0.25, -0.2) is 9.48 Å². The van der Waals surface area contributed by atoms with E-state index in [-0.39, 0.29) is 29.2 Å². The number of likely N-dealkylation sites (tertiary alicyclic amines) is 1. The summed E-state index contributed by atoms with van der Waals surface area (Å²) in [5.41, 5.74) is 4.80. The number of anilines is 1. The average molecular weight is 487 g/mol. The highest BCUT2D eigenvalue weighted by Gasteiger charge is 2.30. The van der Waals surface area contributed by atoms with Crippen LogP contribution in [0.15, 0.2) is 35.1 Å². The lowest BCUT2D eigenvalue weighted by atomic mass is 9.93. The minimum absolute atomic E-state index is 0.0281. The van der Waals surface area contributed by atoms with Gasteiger partial charge in [0.25, 0.3) is 5.91 Å². The monoisotopic (exact) mass is 486 g/mol. The Morgan fingerprint density at radius 2 is 1.86 bits per heavy atom. The Morgan fingerprint density at radius 3 is 2.43 bits per heavy atom. The zero-order valence-corrected chi connectivity index (χ0v) is 20.2. The molecule has 0 atom stereocenters. The molecule has 0 unspecified atom stereocenters. The van der Waals surface area contributed by atoms with Crippen molar-refractivity contribution in [3.63, 3.8) is 0 Å². The average Bonchev–Trinajstić information content (AvgIpc) is 3.49. The van der Waals surface area contributed by atoms with Gasteiger partial charge in [0.15, 0.2) is 5.76 Å². The number of nitrogens with one attached hydrogen (secondary N) is 3. The van der Waals surface area contributed by atoms with Crippen LogP contribution in [0.2, 0.25) is 0 Å². The van der Waals surface area contributed by atoms with E-state index in [0.29, 0.717) is 32.3 Å². The fourth-order valence-corrected chi connectivity index (χ4v) is 3.77. The van der Waals surface area contributed by atoms with Crippen LogP contribution >= 0.6 is 0 Å². The highest BCUT2D eigenvalue weighted by molar-refractivity contribution is 6.02. The fraction of sp³-hybridized carbons (Fsp3) is 0.435. The first-order chi connectivity index (χ1) is 16.6. The lowest BCUT2D eigenvalue weighted by molar-refractivity contribution is -0.105. The highest BCUT2D eigenvalue weighted by Crippen LogP contribution is 2.31. The third-order valence-corrected chi connectivity index (χ3v) is 5.35. The van der Waals surface area contributed by atoms with Gasteiger partial charge < -0.3 is 19.4 Å². The van der Waals surface area contributed by atoms with Crippen LogP contribution in [-0.2, 0) is 9.53 Å². The van der Waals surface area contributed by atoms with Gasteiger partial charge in [-0.2, -0.15) is 5.10 Å². The number of ether oxygens (including phenoxy) is 1. The summed E-state index contributed by atoms with van der Waals surface area (Å²) in [5.74, 6) is -1.09. The zero-order chi connectivity index (χ0) is 25.6. The standard InChI is InChI=1S/C23H30N6O6/c1-5-17(15-8-10-28(11-9-15)22(33)35-23(2,3)4)29-19(24-14-30)16(13-25-29)20(31)26-27-21(32)18-7-6-12-34-18/h5-7,12-15H,8-11H2,1-4H3,(H,24,30)(H,26,31)(H,27,32)/b17-5-. The third kappa shape index (κ3) is 6.28. The molecule has 3 N–H and O–H groups in total. The summed E-state index contributed by atoms with van der Waals surface area (Å²) in [7, 11) is 0. The van der Waals surface area contributed by atoms with E-state index in [4.69, 9.17) is 9.15 Å². The molecule has 1 aliphatic heterocycles. The fourth-order valence-electron chi connectivity index (χ4n) is 3.77. The molecule has 1 fully saturated rings. The summed E-state index contributed by atoms with van der Waals surface area (Å²) in [6.45, 7) is 8.31. The predicted molar refractivity (Wildman–Crippen MR) is 126 cm³/mol. The van der Waals surface area contributed by atoms with Crippen molar-refractivity contribution < 1.29 is 28.3 Å². The first-order valence-corrected chi connectivity index (χ1v) is 11.2. The van der Waals surface area contributed by atoms with Gasteiger partial charge in [-0.3, -0.25) is 25.2 Å². The minimum Gasteiger partial charge on any atom is -0.459 e. The first-order valence-electron chi connectivity index (χ1n) is 11.2. The van der Waals surface area contributed by atoms with Crippen LogP contribution in [0.3, 0.4) is 0 Å². The number of aromatic nitrogens is 2. The zero-order valence-electron chi connectivity index (χ0n) is 20.2. The van der Waals surface area contributed by atoms with Gasteiger partial charge in [0, 0.05) is 24.7 Å². The van der Waals surface area contributed by atoms with Crippen molar-refractivity contribution in [3.05, 3.63) is 42.0 Å². The van der Waals surface area contributed by atoms with Crippen molar-refractivity contribution in [2.45, 2.75) is 46.1 Å². The molecule has 0 spiro atoms. The molecular weight excluding hydrogens is 456 g/mol. The van der Waals surface area contributed by atoms with Gasteiger partial charge in [-0.15, -0.1) is 0 Å². The van der Waals surface area contributed by atoms with Gasteiger partial charge in [0.1, 0.15) is 17.0 Å². The number of hydrogen-bond acceptors (Lipinski definition) is 7. The Hall–Kier alpha value is -4.09. The maximum absolute atomic E-state index is 12.7. The lowest BCUT2D eigenvalue weighted by Gasteiger charge is -2.34. The summed E-state index contributed by atoms with van der Waals surface area (Å²) >= 11 is 0. The number of furan rings is 1. The molecule has 2 aromatic heterocycles. The number of amides is 4. The van der Waals surface area contributed by atoms with Crippen molar-refractivity contribution in [1.29, 1.82) is 0 Å².